The maximum atomic E-state index is 12.6. The second kappa shape index (κ2) is 7.87. The van der Waals surface area contributed by atoms with Crippen molar-refractivity contribution >= 4 is 10.2 Å². The van der Waals surface area contributed by atoms with Gasteiger partial charge in [0, 0.05) is 31.8 Å². The second-order valence-corrected chi connectivity index (χ2v) is 7.59. The molecule has 1 heterocycles. The minimum absolute atomic E-state index is 0.0354. The maximum absolute atomic E-state index is 12.6. The Labute approximate surface area is 128 Å². The zero-order valence-corrected chi connectivity index (χ0v) is 14.0. The van der Waals surface area contributed by atoms with E-state index < -0.39 is 10.2 Å². The normalized spacial score (nSPS) is 31.0. The third-order valence-corrected chi connectivity index (χ3v) is 6.05. The van der Waals surface area contributed by atoms with Crippen LogP contribution in [-0.4, -0.2) is 57.2 Å². The zero-order chi connectivity index (χ0) is 15.3. The Morgan fingerprint density at radius 3 is 2.67 bits per heavy atom. The van der Waals surface area contributed by atoms with E-state index in [1.807, 2.05) is 13.8 Å². The van der Waals surface area contributed by atoms with Gasteiger partial charge in [0.05, 0.1) is 6.10 Å². The second-order valence-electron chi connectivity index (χ2n) is 5.94. The zero-order valence-electron chi connectivity index (χ0n) is 13.2. The standard InChI is InChI=1S/C14H29N3O3S/c1-3-15-11-13-7-5-6-8-17(13)21(18,19)16-12-9-14(10-12)20-4-2/h12-16H,3-11H2,1-2H3. The van der Waals surface area contributed by atoms with E-state index in [0.717, 1.165) is 45.2 Å². The average Bonchev–Trinajstić information content (AvgIpc) is 2.43. The van der Waals surface area contributed by atoms with Crippen LogP contribution < -0.4 is 10.0 Å². The molecule has 1 unspecified atom stereocenters. The summed E-state index contributed by atoms with van der Waals surface area (Å²) in [5.41, 5.74) is 0. The van der Waals surface area contributed by atoms with Crippen molar-refractivity contribution in [3.63, 3.8) is 0 Å². The number of rotatable bonds is 8. The van der Waals surface area contributed by atoms with E-state index >= 15 is 0 Å². The van der Waals surface area contributed by atoms with Crippen molar-refractivity contribution in [2.45, 2.75) is 64.1 Å². The summed E-state index contributed by atoms with van der Waals surface area (Å²) in [5.74, 6) is 0. The fourth-order valence-corrected chi connectivity index (χ4v) is 4.81. The number of likely N-dealkylation sites (N-methyl/N-ethyl adjacent to an activating group) is 1. The van der Waals surface area contributed by atoms with Crippen molar-refractivity contribution in [2.75, 3.05) is 26.2 Å². The van der Waals surface area contributed by atoms with E-state index in [-0.39, 0.29) is 18.2 Å². The Bertz CT molecular complexity index is 410. The number of nitrogens with zero attached hydrogens (tertiary/aromatic N) is 1. The Balaban J connectivity index is 1.88. The lowest BCUT2D eigenvalue weighted by atomic mass is 9.90. The summed E-state index contributed by atoms with van der Waals surface area (Å²) >= 11 is 0. The van der Waals surface area contributed by atoms with Crippen molar-refractivity contribution < 1.29 is 13.2 Å². The van der Waals surface area contributed by atoms with E-state index in [1.54, 1.807) is 4.31 Å². The summed E-state index contributed by atoms with van der Waals surface area (Å²) in [6.07, 6.45) is 4.81. The summed E-state index contributed by atoms with van der Waals surface area (Å²) in [7, 11) is -3.37. The monoisotopic (exact) mass is 319 g/mol. The van der Waals surface area contributed by atoms with E-state index in [9.17, 15) is 8.42 Å². The molecule has 2 aliphatic rings. The molecule has 0 aromatic carbocycles. The molecular weight excluding hydrogens is 290 g/mol. The third-order valence-electron chi connectivity index (χ3n) is 4.32. The Morgan fingerprint density at radius 2 is 2.00 bits per heavy atom. The topological polar surface area (TPSA) is 70.7 Å². The van der Waals surface area contributed by atoms with E-state index in [0.29, 0.717) is 13.2 Å². The molecule has 21 heavy (non-hydrogen) atoms. The van der Waals surface area contributed by atoms with Crippen LogP contribution in [0.5, 0.6) is 0 Å². The molecule has 2 fully saturated rings. The highest BCUT2D eigenvalue weighted by Gasteiger charge is 2.37. The minimum atomic E-state index is -3.37. The molecule has 6 nitrogen and oxygen atoms in total. The maximum Gasteiger partial charge on any atom is 0.279 e. The summed E-state index contributed by atoms with van der Waals surface area (Å²) in [5, 5.41) is 3.27. The highest BCUT2D eigenvalue weighted by Crippen LogP contribution is 2.26. The van der Waals surface area contributed by atoms with Crippen LogP contribution >= 0.6 is 0 Å². The molecule has 0 aromatic heterocycles. The molecule has 124 valence electrons. The van der Waals surface area contributed by atoms with Gasteiger partial charge < -0.3 is 10.1 Å². The Hall–Kier alpha value is -0.210. The molecule has 7 heteroatoms. The van der Waals surface area contributed by atoms with Gasteiger partial charge in [-0.3, -0.25) is 0 Å². The molecule has 1 saturated carbocycles. The number of ether oxygens (including phenoxy) is 1. The first-order valence-electron chi connectivity index (χ1n) is 8.18. The molecule has 0 bridgehead atoms. The third kappa shape index (κ3) is 4.63. The highest BCUT2D eigenvalue weighted by atomic mass is 32.2. The number of hydrogen-bond donors (Lipinski definition) is 2. The molecule has 0 radical (unpaired) electrons. The Morgan fingerprint density at radius 1 is 1.24 bits per heavy atom. The van der Waals surface area contributed by atoms with Gasteiger partial charge in [0.2, 0.25) is 0 Å². The highest BCUT2D eigenvalue weighted by molar-refractivity contribution is 7.87. The molecule has 0 amide bonds. The smallest absolute Gasteiger partial charge is 0.279 e. The fourth-order valence-electron chi connectivity index (χ4n) is 3.12. The van der Waals surface area contributed by atoms with Crippen LogP contribution in [0.2, 0.25) is 0 Å². The summed E-state index contributed by atoms with van der Waals surface area (Å²) < 4.78 is 35.1. The van der Waals surface area contributed by atoms with E-state index in [2.05, 4.69) is 10.0 Å². The first-order valence-corrected chi connectivity index (χ1v) is 9.62. The van der Waals surface area contributed by atoms with Crippen LogP contribution in [0.15, 0.2) is 0 Å². The SMILES string of the molecule is CCNCC1CCCCN1S(=O)(=O)NC1CC(OCC)C1. The van der Waals surface area contributed by atoms with Gasteiger partial charge in [0.15, 0.2) is 0 Å². The van der Waals surface area contributed by atoms with Gasteiger partial charge in [0.25, 0.3) is 10.2 Å². The molecular formula is C14H29N3O3S. The molecule has 0 aromatic rings. The van der Waals surface area contributed by atoms with Gasteiger partial charge in [-0.1, -0.05) is 13.3 Å². The predicted molar refractivity (Wildman–Crippen MR) is 83.4 cm³/mol. The molecule has 1 aliphatic carbocycles. The summed E-state index contributed by atoms with van der Waals surface area (Å²) in [4.78, 5) is 0. The van der Waals surface area contributed by atoms with Crippen LogP contribution in [0.3, 0.4) is 0 Å². The van der Waals surface area contributed by atoms with Crippen LogP contribution in [0, 0.1) is 0 Å². The van der Waals surface area contributed by atoms with Crippen LogP contribution in [0.25, 0.3) is 0 Å². The van der Waals surface area contributed by atoms with Crippen molar-refractivity contribution in [1.29, 1.82) is 0 Å². The van der Waals surface area contributed by atoms with Crippen molar-refractivity contribution in [1.82, 2.24) is 14.3 Å². The lowest BCUT2D eigenvalue weighted by Gasteiger charge is -2.39. The first-order chi connectivity index (χ1) is 10.1. The van der Waals surface area contributed by atoms with Crippen molar-refractivity contribution in [2.24, 2.45) is 0 Å². The lowest BCUT2D eigenvalue weighted by Crippen LogP contribution is -2.57. The molecule has 1 aliphatic heterocycles. The number of hydrogen-bond acceptors (Lipinski definition) is 4. The predicted octanol–water partition coefficient (Wildman–Crippen LogP) is 0.852. The first kappa shape index (κ1) is 17.1. The van der Waals surface area contributed by atoms with Crippen molar-refractivity contribution in [3.05, 3.63) is 0 Å². The van der Waals surface area contributed by atoms with Gasteiger partial charge in [0.1, 0.15) is 0 Å². The van der Waals surface area contributed by atoms with Crippen LogP contribution in [-0.2, 0) is 14.9 Å². The van der Waals surface area contributed by atoms with Gasteiger partial charge in [-0.2, -0.15) is 17.4 Å². The largest absolute Gasteiger partial charge is 0.378 e. The lowest BCUT2D eigenvalue weighted by molar-refractivity contribution is -0.00521. The summed E-state index contributed by atoms with van der Waals surface area (Å²) in [6, 6.07) is 0.118. The van der Waals surface area contributed by atoms with Crippen molar-refractivity contribution in [3.8, 4) is 0 Å². The number of nitrogens with one attached hydrogen (secondary N) is 2. The van der Waals surface area contributed by atoms with Gasteiger partial charge in [-0.05, 0) is 39.2 Å². The average molecular weight is 319 g/mol. The summed E-state index contributed by atoms with van der Waals surface area (Å²) in [6.45, 7) is 6.95. The molecule has 2 rings (SSSR count). The van der Waals surface area contributed by atoms with E-state index in [4.69, 9.17) is 4.74 Å². The molecule has 1 saturated heterocycles. The Kier molecular flexibility index (Phi) is 6.43. The fraction of sp³-hybridized carbons (Fsp3) is 1.00. The quantitative estimate of drug-likeness (QED) is 0.696. The van der Waals surface area contributed by atoms with Crippen LogP contribution in [0.4, 0.5) is 0 Å². The minimum Gasteiger partial charge on any atom is -0.378 e. The van der Waals surface area contributed by atoms with Gasteiger partial charge >= 0.3 is 0 Å². The molecule has 1 atom stereocenters. The van der Waals surface area contributed by atoms with Crippen LogP contribution in [0.1, 0.15) is 46.0 Å². The number of piperidine rings is 1. The van der Waals surface area contributed by atoms with Gasteiger partial charge in [-0.25, -0.2) is 0 Å². The molecule has 0 spiro atoms. The van der Waals surface area contributed by atoms with E-state index in [1.165, 1.54) is 0 Å². The molecule has 2 N–H and O–H groups in total. The van der Waals surface area contributed by atoms with Gasteiger partial charge in [-0.15, -0.1) is 0 Å².